The van der Waals surface area contributed by atoms with Crippen molar-refractivity contribution >= 4 is 23.6 Å². The third-order valence-electron chi connectivity index (χ3n) is 3.30. The molecule has 0 saturated heterocycles. The van der Waals surface area contributed by atoms with Gasteiger partial charge in [-0.25, -0.2) is 0 Å². The maximum Gasteiger partial charge on any atom is 0.221 e. The van der Waals surface area contributed by atoms with Crippen LogP contribution in [0.1, 0.15) is 31.9 Å². The van der Waals surface area contributed by atoms with Crippen LogP contribution in [-0.2, 0) is 9.59 Å². The first-order valence-electron chi connectivity index (χ1n) is 7.53. The molecule has 1 amide bonds. The molecule has 24 heavy (non-hydrogen) atoms. The van der Waals surface area contributed by atoms with E-state index in [-0.39, 0.29) is 29.3 Å². The first-order chi connectivity index (χ1) is 11.2. The summed E-state index contributed by atoms with van der Waals surface area (Å²) in [6, 6.07) is 5.11. The Morgan fingerprint density at radius 1 is 1.38 bits per heavy atom. The SMILES string of the molecule is CNC(C)COc1cc(C(=N)N)ccc1/C=C(/NC(C)=O)C(C)=O. The summed E-state index contributed by atoms with van der Waals surface area (Å²) in [7, 11) is 1.82. The highest BCUT2D eigenvalue weighted by Gasteiger charge is 2.11. The zero-order valence-corrected chi connectivity index (χ0v) is 14.4. The Morgan fingerprint density at radius 2 is 2.04 bits per heavy atom. The van der Waals surface area contributed by atoms with E-state index in [1.165, 1.54) is 13.8 Å². The number of ether oxygens (including phenoxy) is 1. The predicted octanol–water partition coefficient (Wildman–Crippen LogP) is 1.02. The molecule has 0 bridgehead atoms. The van der Waals surface area contributed by atoms with Crippen LogP contribution in [0.2, 0.25) is 0 Å². The van der Waals surface area contributed by atoms with Crippen molar-refractivity contribution in [2.75, 3.05) is 13.7 Å². The summed E-state index contributed by atoms with van der Waals surface area (Å²) < 4.78 is 5.78. The van der Waals surface area contributed by atoms with Gasteiger partial charge in [0, 0.05) is 31.0 Å². The minimum Gasteiger partial charge on any atom is -0.491 e. The molecule has 0 aromatic heterocycles. The Labute approximate surface area is 141 Å². The third kappa shape index (κ3) is 5.85. The number of carbonyl (C=O) groups is 2. The van der Waals surface area contributed by atoms with Crippen LogP contribution in [0.3, 0.4) is 0 Å². The van der Waals surface area contributed by atoms with E-state index >= 15 is 0 Å². The van der Waals surface area contributed by atoms with Gasteiger partial charge in [-0.3, -0.25) is 15.0 Å². The molecule has 1 aromatic carbocycles. The zero-order chi connectivity index (χ0) is 18.3. The van der Waals surface area contributed by atoms with E-state index in [0.29, 0.717) is 23.5 Å². The van der Waals surface area contributed by atoms with Crippen LogP contribution in [0.25, 0.3) is 6.08 Å². The van der Waals surface area contributed by atoms with Gasteiger partial charge in [-0.2, -0.15) is 0 Å². The van der Waals surface area contributed by atoms with Crippen LogP contribution in [-0.4, -0.2) is 37.2 Å². The number of amides is 1. The van der Waals surface area contributed by atoms with Crippen LogP contribution in [0.4, 0.5) is 0 Å². The van der Waals surface area contributed by atoms with Crippen LogP contribution in [0.15, 0.2) is 23.9 Å². The zero-order valence-electron chi connectivity index (χ0n) is 14.4. The van der Waals surface area contributed by atoms with Crippen LogP contribution < -0.4 is 21.1 Å². The number of likely N-dealkylation sites (N-methyl/N-ethyl adjacent to an activating group) is 1. The molecule has 1 rings (SSSR count). The van der Waals surface area contributed by atoms with Gasteiger partial charge in [-0.05, 0) is 26.1 Å². The van der Waals surface area contributed by atoms with Crippen molar-refractivity contribution in [1.82, 2.24) is 10.6 Å². The van der Waals surface area contributed by atoms with Crippen molar-refractivity contribution in [3.8, 4) is 5.75 Å². The molecule has 1 unspecified atom stereocenters. The summed E-state index contributed by atoms with van der Waals surface area (Å²) in [5.74, 6) is -0.196. The van der Waals surface area contributed by atoms with Gasteiger partial charge >= 0.3 is 0 Å². The summed E-state index contributed by atoms with van der Waals surface area (Å²) in [6.45, 7) is 5.06. The smallest absolute Gasteiger partial charge is 0.221 e. The largest absolute Gasteiger partial charge is 0.491 e. The first-order valence-corrected chi connectivity index (χ1v) is 7.53. The lowest BCUT2D eigenvalue weighted by molar-refractivity contribution is -0.120. The Morgan fingerprint density at radius 3 is 2.54 bits per heavy atom. The number of rotatable bonds is 8. The van der Waals surface area contributed by atoms with Gasteiger partial charge in [0.2, 0.25) is 5.91 Å². The van der Waals surface area contributed by atoms with Gasteiger partial charge in [0.15, 0.2) is 5.78 Å². The molecule has 0 spiro atoms. The van der Waals surface area contributed by atoms with E-state index in [1.807, 2.05) is 14.0 Å². The molecule has 0 aliphatic rings. The highest BCUT2D eigenvalue weighted by Crippen LogP contribution is 2.23. The van der Waals surface area contributed by atoms with Crippen molar-refractivity contribution in [1.29, 1.82) is 5.41 Å². The van der Waals surface area contributed by atoms with Crippen molar-refractivity contribution in [3.63, 3.8) is 0 Å². The molecular formula is C17H24N4O3. The molecule has 130 valence electrons. The Kier molecular flexibility index (Phi) is 7.13. The second-order valence-corrected chi connectivity index (χ2v) is 5.46. The summed E-state index contributed by atoms with van der Waals surface area (Å²) in [4.78, 5) is 22.9. The topological polar surface area (TPSA) is 117 Å². The molecular weight excluding hydrogens is 308 g/mol. The fourth-order valence-corrected chi connectivity index (χ4v) is 1.82. The molecule has 5 N–H and O–H groups in total. The van der Waals surface area contributed by atoms with Crippen LogP contribution in [0.5, 0.6) is 5.75 Å². The number of nitrogens with two attached hydrogens (primary N) is 1. The number of nitrogen functional groups attached to an aromatic ring is 1. The maximum atomic E-state index is 11.7. The highest BCUT2D eigenvalue weighted by molar-refractivity contribution is 6.01. The number of carbonyl (C=O) groups excluding carboxylic acids is 2. The van der Waals surface area contributed by atoms with Crippen molar-refractivity contribution in [2.45, 2.75) is 26.8 Å². The number of hydrogen-bond donors (Lipinski definition) is 4. The number of nitrogens with one attached hydrogen (secondary N) is 3. The number of amidine groups is 1. The predicted molar refractivity (Wildman–Crippen MR) is 93.9 cm³/mol. The average molecular weight is 332 g/mol. The average Bonchev–Trinajstić information content (AvgIpc) is 2.51. The summed E-state index contributed by atoms with van der Waals surface area (Å²) >= 11 is 0. The molecule has 0 aliphatic carbocycles. The molecule has 7 heteroatoms. The lowest BCUT2D eigenvalue weighted by atomic mass is 10.1. The Bertz CT molecular complexity index is 668. The van der Waals surface area contributed by atoms with E-state index in [0.717, 1.165) is 0 Å². The fourth-order valence-electron chi connectivity index (χ4n) is 1.82. The number of ketones is 1. The molecule has 1 atom stereocenters. The quantitative estimate of drug-likeness (QED) is 0.322. The molecule has 7 nitrogen and oxygen atoms in total. The molecule has 0 radical (unpaired) electrons. The molecule has 0 heterocycles. The monoisotopic (exact) mass is 332 g/mol. The van der Waals surface area contributed by atoms with Crippen molar-refractivity contribution < 1.29 is 14.3 Å². The van der Waals surface area contributed by atoms with E-state index in [2.05, 4.69) is 10.6 Å². The van der Waals surface area contributed by atoms with Crippen LogP contribution >= 0.6 is 0 Å². The lowest BCUT2D eigenvalue weighted by Gasteiger charge is -2.15. The van der Waals surface area contributed by atoms with Gasteiger partial charge in [0.05, 0.1) is 5.70 Å². The number of hydrogen-bond acceptors (Lipinski definition) is 5. The summed E-state index contributed by atoms with van der Waals surface area (Å²) in [5.41, 5.74) is 6.82. The normalized spacial score (nSPS) is 12.4. The number of benzene rings is 1. The standard InChI is InChI=1S/C17H24N4O3/c1-10(20-4)9-24-16-8-14(17(18)19)6-5-13(16)7-15(11(2)22)21-12(3)23/h5-8,10,20H,9H2,1-4H3,(H3,18,19)(H,21,23)/b15-7+. The van der Waals surface area contributed by atoms with Gasteiger partial charge in [0.1, 0.15) is 18.2 Å². The summed E-state index contributed by atoms with van der Waals surface area (Å²) in [5, 5.41) is 13.1. The third-order valence-corrected chi connectivity index (χ3v) is 3.30. The Balaban J connectivity index is 3.25. The fraction of sp³-hybridized carbons (Fsp3) is 0.353. The maximum absolute atomic E-state index is 11.7. The lowest BCUT2D eigenvalue weighted by Crippen LogP contribution is -2.28. The van der Waals surface area contributed by atoms with Crippen LogP contribution in [0, 0.1) is 5.41 Å². The molecule has 0 fully saturated rings. The first kappa shape index (κ1) is 19.4. The second-order valence-electron chi connectivity index (χ2n) is 5.46. The van der Waals surface area contributed by atoms with E-state index < -0.39 is 0 Å². The van der Waals surface area contributed by atoms with Crippen molar-refractivity contribution in [3.05, 3.63) is 35.0 Å². The molecule has 0 saturated carbocycles. The van der Waals surface area contributed by atoms with Gasteiger partial charge in [-0.15, -0.1) is 0 Å². The summed E-state index contributed by atoms with van der Waals surface area (Å²) in [6.07, 6.45) is 1.55. The molecule has 1 aromatic rings. The van der Waals surface area contributed by atoms with E-state index in [4.69, 9.17) is 15.9 Å². The van der Waals surface area contributed by atoms with Crippen molar-refractivity contribution in [2.24, 2.45) is 5.73 Å². The van der Waals surface area contributed by atoms with E-state index in [9.17, 15) is 9.59 Å². The second kappa shape index (κ2) is 8.83. The molecule has 0 aliphatic heterocycles. The van der Waals surface area contributed by atoms with Gasteiger partial charge in [-0.1, -0.05) is 12.1 Å². The van der Waals surface area contributed by atoms with E-state index in [1.54, 1.807) is 24.3 Å². The van der Waals surface area contributed by atoms with Gasteiger partial charge in [0.25, 0.3) is 0 Å². The minimum absolute atomic E-state index is 0.0781. The number of Topliss-reactive ketones (excluding diaryl/α,β-unsaturated/α-hetero) is 1. The number of allylic oxidation sites excluding steroid dienone is 1. The minimum atomic E-state index is -0.330. The van der Waals surface area contributed by atoms with Gasteiger partial charge < -0.3 is 21.1 Å². The Hall–Kier alpha value is -2.67. The highest BCUT2D eigenvalue weighted by atomic mass is 16.5.